The Balaban J connectivity index is 1.31. The minimum absolute atomic E-state index is 0.0393. The summed E-state index contributed by atoms with van der Waals surface area (Å²) in [7, 11) is 0. The zero-order valence-electron chi connectivity index (χ0n) is 18.6. The van der Waals surface area contributed by atoms with Gasteiger partial charge in [0.2, 0.25) is 5.95 Å². The maximum atomic E-state index is 12.5. The average Bonchev–Trinajstić information content (AvgIpc) is 3.42. The largest absolute Gasteiger partial charge is 0.480 e. The quantitative estimate of drug-likeness (QED) is 0.187. The van der Waals surface area contributed by atoms with Crippen LogP contribution in [0.2, 0.25) is 0 Å². The van der Waals surface area contributed by atoms with Crippen LogP contribution in [0.25, 0.3) is 11.0 Å². The van der Waals surface area contributed by atoms with Gasteiger partial charge in [0.1, 0.15) is 17.5 Å². The minimum atomic E-state index is -1.19. The highest BCUT2D eigenvalue weighted by Crippen LogP contribution is 2.24. The molecule has 8 N–H and O–H groups in total. The molecular formula is C22H24N8O5. The minimum Gasteiger partial charge on any atom is -0.480 e. The van der Waals surface area contributed by atoms with Gasteiger partial charge in [0.25, 0.3) is 5.91 Å². The number of nitrogens with one attached hydrogen (secondary N) is 3. The third-order valence-corrected chi connectivity index (χ3v) is 5.54. The molecule has 3 aromatic heterocycles. The fourth-order valence-electron chi connectivity index (χ4n) is 3.80. The molecule has 0 unspecified atom stereocenters. The fraction of sp³-hybridized carbons (Fsp3) is 0.273. The standard InChI is InChI=1S/C22H24N8O5/c23-17-16-13(10-25-18(16)29-21(24)28-17)3-1-2-11-4-6-12(7-5-11)19(31)26-14(20(32)33)8-9-15-27-22(34)35-30-15/h4-7,10,14H,1-3,8-9H2,(H,26,31)(H,32,33)(H,27,30,34)(H5,23,24,25,28,29)/t14-/m0/s1. The normalized spacial score (nSPS) is 12.0. The van der Waals surface area contributed by atoms with Gasteiger partial charge in [0.05, 0.1) is 5.39 Å². The summed E-state index contributed by atoms with van der Waals surface area (Å²) < 4.78 is 4.38. The number of nitrogen functional groups attached to an aromatic ring is 2. The predicted octanol–water partition coefficient (Wildman–Crippen LogP) is 0.790. The van der Waals surface area contributed by atoms with Crippen molar-refractivity contribution in [2.45, 2.75) is 38.1 Å². The summed E-state index contributed by atoms with van der Waals surface area (Å²) in [5.41, 5.74) is 14.6. The number of rotatable bonds is 10. The first kappa shape index (κ1) is 23.5. The molecule has 0 spiro atoms. The third-order valence-electron chi connectivity index (χ3n) is 5.54. The number of aryl methyl sites for hydroxylation is 3. The number of carboxylic acid groups (broad SMARTS) is 1. The summed E-state index contributed by atoms with van der Waals surface area (Å²) in [6.45, 7) is 0. The number of aromatic amines is 2. The summed E-state index contributed by atoms with van der Waals surface area (Å²) in [6.07, 6.45) is 4.35. The average molecular weight is 480 g/mol. The summed E-state index contributed by atoms with van der Waals surface area (Å²) >= 11 is 0. The van der Waals surface area contributed by atoms with Gasteiger partial charge in [-0.1, -0.05) is 17.3 Å². The number of aromatic nitrogens is 5. The van der Waals surface area contributed by atoms with Gasteiger partial charge in [-0.05, 0) is 48.9 Å². The molecule has 13 nitrogen and oxygen atoms in total. The van der Waals surface area contributed by atoms with Gasteiger partial charge in [0.15, 0.2) is 5.82 Å². The van der Waals surface area contributed by atoms with Crippen LogP contribution < -0.4 is 22.5 Å². The Labute approximate surface area is 197 Å². The molecule has 182 valence electrons. The SMILES string of the molecule is Nc1nc(N)c2c(CCCc3ccc(C(=O)N[C@@H](CCc4noc(=O)[nH]4)C(=O)O)cc3)c[nH]c2n1. The van der Waals surface area contributed by atoms with E-state index in [4.69, 9.17) is 11.5 Å². The molecule has 0 bridgehead atoms. The Hall–Kier alpha value is -4.68. The first-order valence-corrected chi connectivity index (χ1v) is 10.9. The van der Waals surface area contributed by atoms with Gasteiger partial charge in [0, 0.05) is 18.2 Å². The number of nitrogens with zero attached hydrogens (tertiary/aromatic N) is 3. The van der Waals surface area contributed by atoms with Gasteiger partial charge in [-0.3, -0.25) is 14.3 Å². The number of hydrogen-bond donors (Lipinski definition) is 6. The second kappa shape index (κ2) is 10.1. The lowest BCUT2D eigenvalue weighted by molar-refractivity contribution is -0.139. The first-order valence-electron chi connectivity index (χ1n) is 10.9. The highest BCUT2D eigenvalue weighted by atomic mass is 16.5. The van der Waals surface area contributed by atoms with Crippen LogP contribution in [0.15, 0.2) is 39.8 Å². The van der Waals surface area contributed by atoms with E-state index >= 15 is 0 Å². The smallest absolute Gasteiger partial charge is 0.438 e. The van der Waals surface area contributed by atoms with Crippen molar-refractivity contribution >= 4 is 34.7 Å². The molecule has 0 saturated heterocycles. The van der Waals surface area contributed by atoms with Crippen molar-refractivity contribution in [1.82, 2.24) is 30.4 Å². The number of carbonyl (C=O) groups excluding carboxylic acids is 1. The molecule has 4 rings (SSSR count). The highest BCUT2D eigenvalue weighted by Gasteiger charge is 2.21. The molecule has 1 amide bonds. The van der Waals surface area contributed by atoms with Crippen LogP contribution in [0.4, 0.5) is 11.8 Å². The number of aliphatic carboxylic acids is 1. The van der Waals surface area contributed by atoms with Crippen LogP contribution in [0, 0.1) is 0 Å². The number of carboxylic acids is 1. The molecule has 0 aliphatic heterocycles. The molecule has 0 saturated carbocycles. The zero-order chi connectivity index (χ0) is 24.9. The topological polar surface area (TPSA) is 219 Å². The molecule has 0 aliphatic carbocycles. The lowest BCUT2D eigenvalue weighted by Gasteiger charge is -2.14. The number of carbonyl (C=O) groups is 2. The van der Waals surface area contributed by atoms with Gasteiger partial charge in [-0.2, -0.15) is 9.97 Å². The van der Waals surface area contributed by atoms with Crippen LogP contribution in [0.1, 0.15) is 40.2 Å². The van der Waals surface area contributed by atoms with E-state index in [2.05, 4.69) is 34.9 Å². The van der Waals surface area contributed by atoms with Crippen LogP contribution in [0.5, 0.6) is 0 Å². The summed E-state index contributed by atoms with van der Waals surface area (Å²) in [5.74, 6) is -1.74. The fourth-order valence-corrected chi connectivity index (χ4v) is 3.80. The maximum absolute atomic E-state index is 12.5. The molecule has 13 heteroatoms. The van der Waals surface area contributed by atoms with Crippen molar-refractivity contribution in [3.05, 3.63) is 63.5 Å². The van der Waals surface area contributed by atoms with Gasteiger partial charge < -0.3 is 26.9 Å². The molecule has 35 heavy (non-hydrogen) atoms. The molecule has 0 radical (unpaired) electrons. The van der Waals surface area contributed by atoms with E-state index in [1.807, 2.05) is 18.3 Å². The van der Waals surface area contributed by atoms with Crippen LogP contribution in [-0.4, -0.2) is 48.1 Å². The summed E-state index contributed by atoms with van der Waals surface area (Å²) in [6, 6.07) is 5.82. The van der Waals surface area contributed by atoms with Crippen molar-refractivity contribution in [3.8, 4) is 0 Å². The Morgan fingerprint density at radius 3 is 2.57 bits per heavy atom. The number of H-pyrrole nitrogens is 2. The summed E-state index contributed by atoms with van der Waals surface area (Å²) in [5, 5.41) is 16.2. The van der Waals surface area contributed by atoms with Crippen molar-refractivity contribution in [3.63, 3.8) is 0 Å². The second-order valence-corrected chi connectivity index (χ2v) is 8.00. The van der Waals surface area contributed by atoms with Gasteiger partial charge in [-0.25, -0.2) is 9.59 Å². The van der Waals surface area contributed by atoms with Crippen molar-refractivity contribution < 1.29 is 19.2 Å². The molecule has 1 aromatic carbocycles. The number of hydrogen-bond acceptors (Lipinski definition) is 9. The Morgan fingerprint density at radius 2 is 1.89 bits per heavy atom. The molecule has 3 heterocycles. The zero-order valence-corrected chi connectivity index (χ0v) is 18.6. The van der Waals surface area contributed by atoms with Crippen LogP contribution in [0.3, 0.4) is 0 Å². The van der Waals surface area contributed by atoms with Crippen LogP contribution in [-0.2, 0) is 24.1 Å². The second-order valence-electron chi connectivity index (χ2n) is 8.00. The number of nitrogens with two attached hydrogens (primary N) is 2. The molecule has 1 atom stereocenters. The molecular weight excluding hydrogens is 456 g/mol. The van der Waals surface area contributed by atoms with E-state index < -0.39 is 23.7 Å². The first-order chi connectivity index (χ1) is 16.8. The van der Waals surface area contributed by atoms with E-state index in [9.17, 15) is 19.5 Å². The Morgan fingerprint density at radius 1 is 1.11 bits per heavy atom. The number of benzene rings is 1. The third kappa shape index (κ3) is 5.63. The maximum Gasteiger partial charge on any atom is 0.438 e. The van der Waals surface area contributed by atoms with Crippen molar-refractivity contribution in [2.24, 2.45) is 0 Å². The van der Waals surface area contributed by atoms with Crippen molar-refractivity contribution in [2.75, 3.05) is 11.5 Å². The van der Waals surface area contributed by atoms with E-state index in [0.717, 1.165) is 35.8 Å². The van der Waals surface area contributed by atoms with Crippen LogP contribution >= 0.6 is 0 Å². The predicted molar refractivity (Wildman–Crippen MR) is 126 cm³/mol. The monoisotopic (exact) mass is 480 g/mol. The van der Waals surface area contributed by atoms with E-state index in [1.165, 1.54) is 0 Å². The molecule has 0 aliphatic rings. The molecule has 0 fully saturated rings. The van der Waals surface area contributed by atoms with E-state index in [-0.39, 0.29) is 24.6 Å². The van der Waals surface area contributed by atoms with E-state index in [0.29, 0.717) is 17.0 Å². The number of fused-ring (bicyclic) bond motifs is 1. The lowest BCUT2D eigenvalue weighted by atomic mass is 10.0. The molecule has 4 aromatic rings. The Kier molecular flexibility index (Phi) is 6.76. The van der Waals surface area contributed by atoms with Crippen molar-refractivity contribution in [1.29, 1.82) is 0 Å². The number of anilines is 2. The van der Waals surface area contributed by atoms with Gasteiger partial charge >= 0.3 is 11.7 Å². The summed E-state index contributed by atoms with van der Waals surface area (Å²) in [4.78, 5) is 48.6. The lowest BCUT2D eigenvalue weighted by Crippen LogP contribution is -2.41. The number of amides is 1. The Bertz CT molecular complexity index is 1410. The van der Waals surface area contributed by atoms with Gasteiger partial charge in [-0.15, -0.1) is 0 Å². The van der Waals surface area contributed by atoms with E-state index in [1.54, 1.807) is 12.1 Å². The highest BCUT2D eigenvalue weighted by molar-refractivity contribution is 5.96.